The van der Waals surface area contributed by atoms with Crippen LogP contribution in [0.1, 0.15) is 37.7 Å². The molecular formula is C15H22ClNO. The molecule has 2 nitrogen and oxygen atoms in total. The summed E-state index contributed by atoms with van der Waals surface area (Å²) in [4.78, 5) is 2.49. The molecule has 0 atom stereocenters. The number of nitrogens with zero attached hydrogens (tertiary/aromatic N) is 1. The van der Waals surface area contributed by atoms with Crippen molar-refractivity contribution >= 4 is 11.6 Å². The molecule has 18 heavy (non-hydrogen) atoms. The van der Waals surface area contributed by atoms with Crippen molar-refractivity contribution in [3.05, 3.63) is 34.9 Å². The summed E-state index contributed by atoms with van der Waals surface area (Å²) in [6, 6.07) is 8.74. The summed E-state index contributed by atoms with van der Waals surface area (Å²) in [5.74, 6) is 0. The zero-order valence-electron chi connectivity index (χ0n) is 10.8. The molecule has 1 aromatic carbocycles. The quantitative estimate of drug-likeness (QED) is 0.853. The summed E-state index contributed by atoms with van der Waals surface area (Å²) >= 11 is 6.23. The van der Waals surface area contributed by atoms with Crippen molar-refractivity contribution in [2.75, 3.05) is 13.2 Å². The van der Waals surface area contributed by atoms with E-state index in [2.05, 4.69) is 11.0 Å². The maximum atomic E-state index is 9.03. The van der Waals surface area contributed by atoms with E-state index in [1.165, 1.54) is 31.2 Å². The van der Waals surface area contributed by atoms with Crippen LogP contribution in [0.25, 0.3) is 0 Å². The maximum Gasteiger partial charge on any atom is 0.0451 e. The van der Waals surface area contributed by atoms with Gasteiger partial charge < -0.3 is 5.11 Å². The predicted molar refractivity (Wildman–Crippen MR) is 75.8 cm³/mol. The van der Waals surface area contributed by atoms with Gasteiger partial charge in [-0.15, -0.1) is 0 Å². The minimum Gasteiger partial charge on any atom is -0.396 e. The predicted octanol–water partition coefficient (Wildman–Crippen LogP) is 3.47. The molecule has 0 spiro atoms. The highest BCUT2D eigenvalue weighted by molar-refractivity contribution is 6.31. The van der Waals surface area contributed by atoms with E-state index in [-0.39, 0.29) is 6.61 Å². The lowest BCUT2D eigenvalue weighted by Gasteiger charge is -2.29. The van der Waals surface area contributed by atoms with Crippen LogP contribution in [0.3, 0.4) is 0 Å². The first kappa shape index (κ1) is 13.9. The molecule has 1 fully saturated rings. The number of benzene rings is 1. The Balaban J connectivity index is 2.02. The fourth-order valence-electron chi connectivity index (χ4n) is 2.78. The van der Waals surface area contributed by atoms with Gasteiger partial charge in [0.25, 0.3) is 0 Å². The highest BCUT2D eigenvalue weighted by atomic mass is 35.5. The van der Waals surface area contributed by atoms with Gasteiger partial charge in [0.1, 0.15) is 0 Å². The molecule has 100 valence electrons. The topological polar surface area (TPSA) is 23.5 Å². The van der Waals surface area contributed by atoms with Gasteiger partial charge in [0, 0.05) is 30.8 Å². The third kappa shape index (κ3) is 3.71. The lowest BCUT2D eigenvalue weighted by Crippen LogP contribution is -2.34. The van der Waals surface area contributed by atoms with Crippen LogP contribution in [-0.4, -0.2) is 29.2 Å². The summed E-state index contributed by atoms with van der Waals surface area (Å²) in [6.07, 6.45) is 6.10. The molecule has 3 heteroatoms. The second-order valence-corrected chi connectivity index (χ2v) is 5.48. The molecule has 1 aliphatic carbocycles. The van der Waals surface area contributed by atoms with Crippen molar-refractivity contribution in [3.8, 4) is 0 Å². The van der Waals surface area contributed by atoms with Crippen LogP contribution >= 0.6 is 11.6 Å². The Morgan fingerprint density at radius 3 is 2.61 bits per heavy atom. The van der Waals surface area contributed by atoms with Crippen molar-refractivity contribution in [1.82, 2.24) is 4.90 Å². The average molecular weight is 268 g/mol. The number of rotatable bonds is 6. The average Bonchev–Trinajstić information content (AvgIpc) is 2.90. The van der Waals surface area contributed by atoms with Gasteiger partial charge in [-0.3, -0.25) is 4.90 Å². The Kier molecular flexibility index (Phi) is 5.48. The van der Waals surface area contributed by atoms with Crippen molar-refractivity contribution in [2.45, 2.75) is 44.7 Å². The molecule has 1 N–H and O–H groups in total. The van der Waals surface area contributed by atoms with Crippen LogP contribution in [0.5, 0.6) is 0 Å². The van der Waals surface area contributed by atoms with Gasteiger partial charge in [-0.25, -0.2) is 0 Å². The van der Waals surface area contributed by atoms with Crippen LogP contribution in [-0.2, 0) is 6.54 Å². The van der Waals surface area contributed by atoms with Crippen LogP contribution in [0.4, 0.5) is 0 Å². The van der Waals surface area contributed by atoms with Crippen molar-refractivity contribution in [2.24, 2.45) is 0 Å². The minimum absolute atomic E-state index is 0.270. The van der Waals surface area contributed by atoms with E-state index in [9.17, 15) is 0 Å². The fourth-order valence-corrected chi connectivity index (χ4v) is 2.97. The number of halogens is 1. The Morgan fingerprint density at radius 2 is 1.94 bits per heavy atom. The van der Waals surface area contributed by atoms with E-state index in [1.807, 2.05) is 18.2 Å². The van der Waals surface area contributed by atoms with Crippen molar-refractivity contribution in [3.63, 3.8) is 0 Å². The maximum absolute atomic E-state index is 9.03. The molecule has 0 radical (unpaired) electrons. The Labute approximate surface area is 115 Å². The monoisotopic (exact) mass is 267 g/mol. The normalized spacial score (nSPS) is 16.6. The summed E-state index contributed by atoms with van der Waals surface area (Å²) < 4.78 is 0. The first-order valence-electron chi connectivity index (χ1n) is 6.89. The highest BCUT2D eigenvalue weighted by Crippen LogP contribution is 2.26. The third-order valence-electron chi connectivity index (χ3n) is 3.78. The Bertz CT molecular complexity index is 363. The molecule has 0 saturated heterocycles. The zero-order valence-corrected chi connectivity index (χ0v) is 11.6. The number of hydrogen-bond acceptors (Lipinski definition) is 2. The van der Waals surface area contributed by atoms with Gasteiger partial charge in [0.2, 0.25) is 0 Å². The molecule has 1 saturated carbocycles. The Morgan fingerprint density at radius 1 is 1.22 bits per heavy atom. The number of aliphatic hydroxyl groups is 1. The van der Waals surface area contributed by atoms with E-state index in [4.69, 9.17) is 16.7 Å². The van der Waals surface area contributed by atoms with Gasteiger partial charge in [-0.05, 0) is 30.9 Å². The largest absolute Gasteiger partial charge is 0.396 e. The molecular weight excluding hydrogens is 246 g/mol. The zero-order chi connectivity index (χ0) is 12.8. The molecule has 1 aromatic rings. The number of hydrogen-bond donors (Lipinski definition) is 1. The molecule has 0 aromatic heterocycles. The summed E-state index contributed by atoms with van der Waals surface area (Å²) in [5, 5.41) is 9.88. The first-order valence-corrected chi connectivity index (χ1v) is 7.27. The second kappa shape index (κ2) is 7.13. The summed E-state index contributed by atoms with van der Waals surface area (Å²) in [6.45, 7) is 2.14. The highest BCUT2D eigenvalue weighted by Gasteiger charge is 2.22. The molecule has 2 rings (SSSR count). The third-order valence-corrected chi connectivity index (χ3v) is 4.14. The van der Waals surface area contributed by atoms with Gasteiger partial charge in [-0.2, -0.15) is 0 Å². The molecule has 0 unspecified atom stereocenters. The van der Waals surface area contributed by atoms with E-state index in [0.717, 1.165) is 24.5 Å². The van der Waals surface area contributed by atoms with E-state index < -0.39 is 0 Å². The van der Waals surface area contributed by atoms with Crippen LogP contribution in [0.2, 0.25) is 5.02 Å². The van der Waals surface area contributed by atoms with Gasteiger partial charge >= 0.3 is 0 Å². The molecule has 0 heterocycles. The molecule has 0 amide bonds. The van der Waals surface area contributed by atoms with Gasteiger partial charge in [0.15, 0.2) is 0 Å². The standard InChI is InChI=1S/C15H22ClNO/c16-15-9-4-1-6-13(15)12-17(10-5-11-18)14-7-2-3-8-14/h1,4,6,9,14,18H,2-3,5,7-8,10-12H2. The van der Waals surface area contributed by atoms with E-state index in [0.29, 0.717) is 6.04 Å². The second-order valence-electron chi connectivity index (χ2n) is 5.08. The lowest BCUT2D eigenvalue weighted by atomic mass is 10.1. The Hall–Kier alpha value is -0.570. The van der Waals surface area contributed by atoms with Crippen LogP contribution < -0.4 is 0 Å². The smallest absolute Gasteiger partial charge is 0.0451 e. The van der Waals surface area contributed by atoms with Gasteiger partial charge in [0.05, 0.1) is 0 Å². The van der Waals surface area contributed by atoms with Gasteiger partial charge in [-0.1, -0.05) is 42.6 Å². The molecule has 1 aliphatic rings. The van der Waals surface area contributed by atoms with Crippen molar-refractivity contribution in [1.29, 1.82) is 0 Å². The minimum atomic E-state index is 0.270. The fraction of sp³-hybridized carbons (Fsp3) is 0.600. The number of aliphatic hydroxyl groups excluding tert-OH is 1. The lowest BCUT2D eigenvalue weighted by molar-refractivity contribution is 0.168. The van der Waals surface area contributed by atoms with E-state index in [1.54, 1.807) is 0 Å². The van der Waals surface area contributed by atoms with E-state index >= 15 is 0 Å². The van der Waals surface area contributed by atoms with Crippen LogP contribution in [0.15, 0.2) is 24.3 Å². The molecule has 0 aliphatic heterocycles. The summed E-state index contributed by atoms with van der Waals surface area (Å²) in [5.41, 5.74) is 1.20. The first-order chi connectivity index (χ1) is 8.81. The summed E-state index contributed by atoms with van der Waals surface area (Å²) in [7, 11) is 0. The molecule has 0 bridgehead atoms. The van der Waals surface area contributed by atoms with Crippen molar-refractivity contribution < 1.29 is 5.11 Å². The SMILES string of the molecule is OCCCN(Cc1ccccc1Cl)C1CCCC1. The van der Waals surface area contributed by atoms with Crippen LogP contribution in [0, 0.1) is 0 Å².